The lowest BCUT2D eigenvalue weighted by molar-refractivity contribution is -0.119. The standard InChI is InChI=1S/C22H28ClN3O3.2ClH/c1-28-20-12-17(11-19(23)22(20)29-15-21(24)27)13-25-18-7-9-26(10-8-18)14-16-5-3-2-4-6-16;;/h2-6,11-12,18,25H,7-10,13-15H2,1H3,(H2,24,27);2*1H. The zero-order valence-corrected chi connectivity index (χ0v) is 19.9. The van der Waals surface area contributed by atoms with E-state index in [-0.39, 0.29) is 31.4 Å². The van der Waals surface area contributed by atoms with Crippen LogP contribution >= 0.6 is 36.4 Å². The Bertz CT molecular complexity index is 816. The van der Waals surface area contributed by atoms with E-state index in [0.717, 1.165) is 38.0 Å². The molecular weight excluding hydrogens is 461 g/mol. The van der Waals surface area contributed by atoms with Crippen molar-refractivity contribution in [2.45, 2.75) is 32.0 Å². The Balaban J connectivity index is 0.00000240. The average molecular weight is 491 g/mol. The molecule has 0 aromatic heterocycles. The molecule has 1 heterocycles. The molecule has 2 aromatic rings. The Morgan fingerprint density at radius 3 is 2.45 bits per heavy atom. The molecule has 3 N–H and O–H groups in total. The fourth-order valence-corrected chi connectivity index (χ4v) is 3.85. The number of primary amides is 1. The van der Waals surface area contributed by atoms with Gasteiger partial charge in [-0.1, -0.05) is 41.9 Å². The van der Waals surface area contributed by atoms with E-state index in [1.807, 2.05) is 12.1 Å². The third kappa shape index (κ3) is 8.39. The Labute approximate surface area is 201 Å². The number of rotatable bonds is 9. The number of nitrogens with zero attached hydrogens (tertiary/aromatic N) is 1. The van der Waals surface area contributed by atoms with Gasteiger partial charge in [-0.15, -0.1) is 24.8 Å². The SMILES string of the molecule is COc1cc(CNC2CCN(Cc3ccccc3)CC2)cc(Cl)c1OCC(N)=O.Cl.Cl. The van der Waals surface area contributed by atoms with Gasteiger partial charge in [-0.25, -0.2) is 0 Å². The molecule has 1 amide bonds. The number of nitrogens with two attached hydrogens (primary N) is 1. The predicted octanol–water partition coefficient (Wildman–Crippen LogP) is 3.81. The Kier molecular flexibility index (Phi) is 12.0. The van der Waals surface area contributed by atoms with E-state index in [4.69, 9.17) is 26.8 Å². The summed E-state index contributed by atoms with van der Waals surface area (Å²) < 4.78 is 10.7. The number of hydrogen-bond acceptors (Lipinski definition) is 5. The first-order valence-corrected chi connectivity index (χ1v) is 10.2. The monoisotopic (exact) mass is 489 g/mol. The smallest absolute Gasteiger partial charge is 0.255 e. The number of carbonyl (C=O) groups excluding carboxylic acids is 1. The number of hydrogen-bond donors (Lipinski definition) is 2. The van der Waals surface area contributed by atoms with Crippen LogP contribution in [0.3, 0.4) is 0 Å². The van der Waals surface area contributed by atoms with E-state index < -0.39 is 5.91 Å². The van der Waals surface area contributed by atoms with E-state index in [0.29, 0.717) is 29.1 Å². The quantitative estimate of drug-likeness (QED) is 0.559. The largest absolute Gasteiger partial charge is 0.493 e. The summed E-state index contributed by atoms with van der Waals surface area (Å²) in [6, 6.07) is 14.8. The lowest BCUT2D eigenvalue weighted by Gasteiger charge is -2.32. The van der Waals surface area contributed by atoms with Crippen LogP contribution in [0.25, 0.3) is 0 Å². The highest BCUT2D eigenvalue weighted by Gasteiger charge is 2.19. The molecule has 2 aromatic carbocycles. The van der Waals surface area contributed by atoms with Crippen molar-refractivity contribution in [1.29, 1.82) is 0 Å². The first-order chi connectivity index (χ1) is 14.0. The van der Waals surface area contributed by atoms with Crippen molar-refractivity contribution < 1.29 is 14.3 Å². The highest BCUT2D eigenvalue weighted by Crippen LogP contribution is 2.36. The summed E-state index contributed by atoms with van der Waals surface area (Å²) in [5, 5.41) is 4.02. The second-order valence-corrected chi connectivity index (χ2v) is 7.69. The van der Waals surface area contributed by atoms with Crippen LogP contribution in [0.1, 0.15) is 24.0 Å². The molecule has 1 saturated heterocycles. The average Bonchev–Trinajstić information content (AvgIpc) is 2.72. The molecule has 31 heavy (non-hydrogen) atoms. The van der Waals surface area contributed by atoms with E-state index in [9.17, 15) is 4.79 Å². The number of likely N-dealkylation sites (tertiary alicyclic amines) is 1. The van der Waals surface area contributed by atoms with E-state index in [2.05, 4.69) is 40.5 Å². The van der Waals surface area contributed by atoms with Crippen LogP contribution in [0, 0.1) is 0 Å². The van der Waals surface area contributed by atoms with Crippen molar-refractivity contribution in [3.05, 3.63) is 58.6 Å². The molecule has 0 unspecified atom stereocenters. The maximum Gasteiger partial charge on any atom is 0.255 e. The van der Waals surface area contributed by atoms with E-state index >= 15 is 0 Å². The molecule has 0 saturated carbocycles. The summed E-state index contributed by atoms with van der Waals surface area (Å²) in [4.78, 5) is 13.5. The molecule has 172 valence electrons. The molecule has 6 nitrogen and oxygen atoms in total. The predicted molar refractivity (Wildman–Crippen MR) is 129 cm³/mol. The number of amides is 1. The van der Waals surface area contributed by atoms with Gasteiger partial charge in [-0.05, 0) is 49.2 Å². The number of piperidine rings is 1. The fourth-order valence-electron chi connectivity index (χ4n) is 3.56. The molecule has 1 fully saturated rings. The van der Waals surface area contributed by atoms with Gasteiger partial charge in [-0.3, -0.25) is 9.69 Å². The van der Waals surface area contributed by atoms with Crippen LogP contribution in [-0.4, -0.2) is 43.7 Å². The number of carbonyl (C=O) groups is 1. The Morgan fingerprint density at radius 2 is 1.84 bits per heavy atom. The molecule has 0 spiro atoms. The van der Waals surface area contributed by atoms with Crippen LogP contribution < -0.4 is 20.5 Å². The topological polar surface area (TPSA) is 76.8 Å². The summed E-state index contributed by atoms with van der Waals surface area (Å²) in [6.07, 6.45) is 2.22. The van der Waals surface area contributed by atoms with Gasteiger partial charge < -0.3 is 20.5 Å². The maximum atomic E-state index is 11.0. The van der Waals surface area contributed by atoms with Gasteiger partial charge >= 0.3 is 0 Å². The molecule has 9 heteroatoms. The number of halogens is 3. The van der Waals surface area contributed by atoms with Crippen molar-refractivity contribution >= 4 is 42.3 Å². The van der Waals surface area contributed by atoms with Gasteiger partial charge in [0.05, 0.1) is 12.1 Å². The molecule has 0 atom stereocenters. The molecule has 1 aliphatic heterocycles. The van der Waals surface area contributed by atoms with Crippen LogP contribution in [0.15, 0.2) is 42.5 Å². The van der Waals surface area contributed by atoms with Crippen LogP contribution in [0.2, 0.25) is 5.02 Å². The molecule has 0 bridgehead atoms. The number of ether oxygens (including phenoxy) is 2. The summed E-state index contributed by atoms with van der Waals surface area (Å²) in [7, 11) is 1.54. The van der Waals surface area contributed by atoms with Gasteiger partial charge in [0.15, 0.2) is 18.1 Å². The van der Waals surface area contributed by atoms with Crippen molar-refractivity contribution in [2.24, 2.45) is 5.73 Å². The third-order valence-corrected chi connectivity index (χ3v) is 5.36. The van der Waals surface area contributed by atoms with Crippen molar-refractivity contribution in [1.82, 2.24) is 10.2 Å². The number of nitrogens with one attached hydrogen (secondary N) is 1. The number of methoxy groups -OCH3 is 1. The van der Waals surface area contributed by atoms with Gasteiger partial charge in [0.2, 0.25) is 0 Å². The second-order valence-electron chi connectivity index (χ2n) is 7.28. The summed E-state index contributed by atoms with van der Waals surface area (Å²) in [5.74, 6) is 0.270. The van der Waals surface area contributed by atoms with E-state index in [1.54, 1.807) is 7.11 Å². The first kappa shape index (κ1) is 27.3. The lowest BCUT2D eigenvalue weighted by atomic mass is 10.0. The molecule has 3 rings (SSSR count). The molecular formula is C22H30Cl3N3O3. The van der Waals surface area contributed by atoms with Crippen LogP contribution in [-0.2, 0) is 17.9 Å². The van der Waals surface area contributed by atoms with E-state index in [1.165, 1.54) is 5.56 Å². The highest BCUT2D eigenvalue weighted by atomic mass is 35.5. The minimum absolute atomic E-state index is 0. The number of benzene rings is 2. The Morgan fingerprint density at radius 1 is 1.16 bits per heavy atom. The summed E-state index contributed by atoms with van der Waals surface area (Å²) in [6.45, 7) is 3.62. The molecule has 0 aliphatic carbocycles. The fraction of sp³-hybridized carbons (Fsp3) is 0.409. The van der Waals surface area contributed by atoms with Crippen molar-refractivity contribution in [2.75, 3.05) is 26.8 Å². The minimum Gasteiger partial charge on any atom is -0.493 e. The highest BCUT2D eigenvalue weighted by molar-refractivity contribution is 6.32. The Hall–Kier alpha value is -1.70. The summed E-state index contributed by atoms with van der Waals surface area (Å²) >= 11 is 6.32. The molecule has 0 radical (unpaired) electrons. The maximum absolute atomic E-state index is 11.0. The minimum atomic E-state index is -0.563. The van der Waals surface area contributed by atoms with Gasteiger partial charge in [0, 0.05) is 19.1 Å². The first-order valence-electron chi connectivity index (χ1n) is 9.82. The molecule has 1 aliphatic rings. The van der Waals surface area contributed by atoms with Gasteiger partial charge in [0.1, 0.15) is 0 Å². The van der Waals surface area contributed by atoms with Crippen molar-refractivity contribution in [3.63, 3.8) is 0 Å². The van der Waals surface area contributed by atoms with Crippen molar-refractivity contribution in [3.8, 4) is 11.5 Å². The second kappa shape index (κ2) is 13.7. The lowest BCUT2D eigenvalue weighted by Crippen LogP contribution is -2.41. The van der Waals surface area contributed by atoms with Gasteiger partial charge in [0.25, 0.3) is 5.91 Å². The summed E-state index contributed by atoms with van der Waals surface area (Å²) in [5.41, 5.74) is 7.50. The zero-order valence-electron chi connectivity index (χ0n) is 17.5. The normalized spacial score (nSPS) is 14.3. The third-order valence-electron chi connectivity index (χ3n) is 5.08. The van der Waals surface area contributed by atoms with Crippen LogP contribution in [0.4, 0.5) is 0 Å². The van der Waals surface area contributed by atoms with Crippen LogP contribution in [0.5, 0.6) is 11.5 Å². The van der Waals surface area contributed by atoms with Gasteiger partial charge in [-0.2, -0.15) is 0 Å². The zero-order chi connectivity index (χ0) is 20.6.